The van der Waals surface area contributed by atoms with Crippen LogP contribution >= 0.6 is 11.8 Å². The zero-order valence-corrected chi connectivity index (χ0v) is 11.7. The number of imide groups is 1. The number of carbonyl (C=O) groups excluding carboxylic acids is 2. The van der Waals surface area contributed by atoms with Crippen LogP contribution in [0.25, 0.3) is 17.0 Å². The molecule has 0 N–H and O–H groups in total. The third-order valence-corrected chi connectivity index (χ3v) is 4.01. The number of hydrogen-bond acceptors (Lipinski definition) is 4. The maximum absolute atomic E-state index is 12.0. The van der Waals surface area contributed by atoms with E-state index < -0.39 is 0 Å². The minimum Gasteiger partial charge on any atom is -0.269 e. The molecule has 1 fully saturated rings. The van der Waals surface area contributed by atoms with Gasteiger partial charge in [0, 0.05) is 18.1 Å². The van der Waals surface area contributed by atoms with E-state index in [9.17, 15) is 9.59 Å². The highest BCUT2D eigenvalue weighted by Crippen LogP contribution is 2.32. The summed E-state index contributed by atoms with van der Waals surface area (Å²) in [5, 5.41) is 0.800. The molecule has 3 rings (SSSR count). The van der Waals surface area contributed by atoms with Crippen LogP contribution in [-0.4, -0.2) is 27.6 Å². The molecule has 2 amide bonds. The molecule has 0 aliphatic carbocycles. The summed E-state index contributed by atoms with van der Waals surface area (Å²) in [6, 6.07) is 9.74. The molecular formula is C15H12N2O2S. The van der Waals surface area contributed by atoms with Crippen molar-refractivity contribution in [1.82, 2.24) is 9.88 Å². The first-order chi connectivity index (χ1) is 9.69. The maximum Gasteiger partial charge on any atom is 0.293 e. The highest BCUT2D eigenvalue weighted by atomic mass is 32.2. The van der Waals surface area contributed by atoms with Crippen LogP contribution in [0.15, 0.2) is 41.4 Å². The number of pyridine rings is 1. The van der Waals surface area contributed by atoms with Gasteiger partial charge in [0.15, 0.2) is 0 Å². The van der Waals surface area contributed by atoms with Gasteiger partial charge in [0.1, 0.15) is 0 Å². The van der Waals surface area contributed by atoms with Gasteiger partial charge in [-0.3, -0.25) is 19.5 Å². The molecule has 100 valence electrons. The van der Waals surface area contributed by atoms with Gasteiger partial charge in [0.2, 0.25) is 0 Å². The van der Waals surface area contributed by atoms with Gasteiger partial charge in [-0.15, -0.1) is 0 Å². The third-order valence-electron chi connectivity index (χ3n) is 3.10. The number of benzene rings is 1. The smallest absolute Gasteiger partial charge is 0.269 e. The fourth-order valence-corrected chi connectivity index (χ4v) is 2.99. The van der Waals surface area contributed by atoms with E-state index in [1.165, 1.54) is 4.90 Å². The lowest BCUT2D eigenvalue weighted by Gasteiger charge is -2.06. The molecule has 1 saturated heterocycles. The van der Waals surface area contributed by atoms with E-state index in [-0.39, 0.29) is 11.1 Å². The van der Waals surface area contributed by atoms with Crippen LogP contribution in [-0.2, 0) is 4.79 Å². The summed E-state index contributed by atoms with van der Waals surface area (Å²) in [6.45, 7) is 2.19. The van der Waals surface area contributed by atoms with Crippen LogP contribution in [0.5, 0.6) is 0 Å². The van der Waals surface area contributed by atoms with Crippen molar-refractivity contribution >= 4 is 39.9 Å². The Morgan fingerprint density at radius 2 is 2.10 bits per heavy atom. The predicted octanol–water partition coefficient (Wildman–Crippen LogP) is 3.29. The predicted molar refractivity (Wildman–Crippen MR) is 80.1 cm³/mol. The first kappa shape index (κ1) is 12.9. The summed E-state index contributed by atoms with van der Waals surface area (Å²) >= 11 is 0.977. The summed E-state index contributed by atoms with van der Waals surface area (Å²) in [5.41, 5.74) is 1.73. The molecular weight excluding hydrogens is 272 g/mol. The lowest BCUT2D eigenvalue weighted by Crippen LogP contribution is -2.27. The Morgan fingerprint density at radius 1 is 1.30 bits per heavy atom. The van der Waals surface area contributed by atoms with Gasteiger partial charge in [-0.1, -0.05) is 18.2 Å². The molecule has 1 aliphatic rings. The van der Waals surface area contributed by atoms with E-state index in [0.717, 1.165) is 28.2 Å². The van der Waals surface area contributed by atoms with Crippen molar-refractivity contribution in [3.63, 3.8) is 0 Å². The van der Waals surface area contributed by atoms with Crippen LogP contribution in [0.4, 0.5) is 4.79 Å². The Hall–Kier alpha value is -2.14. The summed E-state index contributed by atoms with van der Waals surface area (Å²) in [7, 11) is 0. The van der Waals surface area contributed by atoms with Gasteiger partial charge >= 0.3 is 0 Å². The second-order valence-corrected chi connectivity index (χ2v) is 5.38. The molecule has 1 aromatic carbocycles. The summed E-state index contributed by atoms with van der Waals surface area (Å²) in [5.74, 6) is -0.226. The molecule has 5 heteroatoms. The summed E-state index contributed by atoms with van der Waals surface area (Å²) < 4.78 is 0. The number of nitrogens with zero attached hydrogens (tertiary/aromatic N) is 2. The average molecular weight is 284 g/mol. The second kappa shape index (κ2) is 5.09. The van der Waals surface area contributed by atoms with Crippen LogP contribution < -0.4 is 0 Å². The van der Waals surface area contributed by atoms with Gasteiger partial charge in [0.25, 0.3) is 11.1 Å². The molecule has 0 unspecified atom stereocenters. The zero-order chi connectivity index (χ0) is 14.1. The molecule has 0 spiro atoms. The highest BCUT2D eigenvalue weighted by molar-refractivity contribution is 8.18. The van der Waals surface area contributed by atoms with Gasteiger partial charge in [0.05, 0.1) is 10.4 Å². The number of thioether (sulfide) groups is 1. The number of aromatic nitrogens is 1. The SMILES string of the molecule is CCN1C(=O)S/C(=C/c2cnc3ccccc3c2)C1=O. The minimum atomic E-state index is -0.226. The van der Waals surface area contributed by atoms with Gasteiger partial charge in [-0.25, -0.2) is 0 Å². The largest absolute Gasteiger partial charge is 0.293 e. The molecule has 2 aromatic rings. The van der Waals surface area contributed by atoms with Crippen molar-refractivity contribution in [2.24, 2.45) is 0 Å². The number of amides is 2. The van der Waals surface area contributed by atoms with Crippen molar-refractivity contribution in [3.05, 3.63) is 47.0 Å². The monoisotopic (exact) mass is 284 g/mol. The van der Waals surface area contributed by atoms with Gasteiger partial charge in [-0.05, 0) is 42.5 Å². The van der Waals surface area contributed by atoms with Crippen LogP contribution in [0.2, 0.25) is 0 Å². The molecule has 0 bridgehead atoms. The number of likely N-dealkylation sites (N-methyl/N-ethyl adjacent to an activating group) is 1. The molecule has 4 nitrogen and oxygen atoms in total. The number of para-hydroxylation sites is 1. The van der Waals surface area contributed by atoms with Crippen molar-refractivity contribution < 1.29 is 9.59 Å². The molecule has 1 aliphatic heterocycles. The summed E-state index contributed by atoms with van der Waals surface area (Å²) in [6.07, 6.45) is 3.43. The van der Waals surface area contributed by atoms with Crippen molar-refractivity contribution in [2.45, 2.75) is 6.92 Å². The highest BCUT2D eigenvalue weighted by Gasteiger charge is 2.33. The number of fused-ring (bicyclic) bond motifs is 1. The van der Waals surface area contributed by atoms with E-state index in [1.807, 2.05) is 30.3 Å². The first-order valence-electron chi connectivity index (χ1n) is 6.29. The fourth-order valence-electron chi connectivity index (χ4n) is 2.09. The number of rotatable bonds is 2. The average Bonchev–Trinajstić information content (AvgIpc) is 2.73. The molecule has 20 heavy (non-hydrogen) atoms. The van der Waals surface area contributed by atoms with Crippen molar-refractivity contribution in [2.75, 3.05) is 6.54 Å². The Balaban J connectivity index is 1.98. The van der Waals surface area contributed by atoms with E-state index in [4.69, 9.17) is 0 Å². The number of carbonyl (C=O) groups is 2. The standard InChI is InChI=1S/C15H12N2O2S/c1-2-17-14(18)13(20-15(17)19)8-10-7-11-5-3-4-6-12(11)16-9-10/h3-9H,2H2,1H3/b13-8+. The van der Waals surface area contributed by atoms with Crippen molar-refractivity contribution in [1.29, 1.82) is 0 Å². The van der Waals surface area contributed by atoms with E-state index in [0.29, 0.717) is 11.4 Å². The lowest BCUT2D eigenvalue weighted by molar-refractivity contribution is -0.122. The van der Waals surface area contributed by atoms with Gasteiger partial charge < -0.3 is 0 Å². The molecule has 2 heterocycles. The van der Waals surface area contributed by atoms with E-state index >= 15 is 0 Å². The lowest BCUT2D eigenvalue weighted by atomic mass is 10.1. The van der Waals surface area contributed by atoms with E-state index in [1.54, 1.807) is 19.2 Å². The van der Waals surface area contributed by atoms with Crippen LogP contribution in [0, 0.1) is 0 Å². The Morgan fingerprint density at radius 3 is 2.85 bits per heavy atom. The van der Waals surface area contributed by atoms with Crippen LogP contribution in [0.3, 0.4) is 0 Å². The second-order valence-electron chi connectivity index (χ2n) is 4.39. The minimum absolute atomic E-state index is 0.211. The Labute approximate surface area is 120 Å². The van der Waals surface area contributed by atoms with Crippen molar-refractivity contribution in [3.8, 4) is 0 Å². The normalized spacial score (nSPS) is 17.4. The first-order valence-corrected chi connectivity index (χ1v) is 7.11. The fraction of sp³-hybridized carbons (Fsp3) is 0.133. The molecule has 1 aromatic heterocycles. The number of hydrogen-bond donors (Lipinski definition) is 0. The third kappa shape index (κ3) is 2.20. The summed E-state index contributed by atoms with van der Waals surface area (Å²) in [4.78, 5) is 29.7. The van der Waals surface area contributed by atoms with E-state index in [2.05, 4.69) is 4.98 Å². The zero-order valence-electron chi connectivity index (χ0n) is 10.9. The molecule has 0 radical (unpaired) electrons. The molecule has 0 atom stereocenters. The van der Waals surface area contributed by atoms with Gasteiger partial charge in [-0.2, -0.15) is 0 Å². The maximum atomic E-state index is 12.0. The molecule has 0 saturated carbocycles. The quantitative estimate of drug-likeness (QED) is 0.794. The topological polar surface area (TPSA) is 50.3 Å². The Kier molecular flexibility index (Phi) is 3.28. The Bertz CT molecular complexity index is 739. The van der Waals surface area contributed by atoms with Crippen LogP contribution in [0.1, 0.15) is 12.5 Å².